The lowest BCUT2D eigenvalue weighted by Crippen LogP contribution is -2.56. The van der Waals surface area contributed by atoms with Crippen LogP contribution in [0.1, 0.15) is 59.3 Å². The lowest BCUT2D eigenvalue weighted by Gasteiger charge is -2.41. The Kier molecular flexibility index (Phi) is 6.96. The van der Waals surface area contributed by atoms with E-state index in [1.54, 1.807) is 0 Å². The van der Waals surface area contributed by atoms with Gasteiger partial charge in [0, 0.05) is 12.6 Å². The quantitative estimate of drug-likeness (QED) is 0.730. The second-order valence-electron chi connectivity index (χ2n) is 6.17. The Morgan fingerprint density at radius 1 is 1.40 bits per heavy atom. The number of hydrogen-bond acceptors (Lipinski definition) is 4. The summed E-state index contributed by atoms with van der Waals surface area (Å²) in [4.78, 5) is 14.4. The molecule has 0 spiro atoms. The molecule has 0 aliphatic heterocycles. The fourth-order valence-corrected chi connectivity index (χ4v) is 3.39. The topological polar surface area (TPSA) is 55.6 Å². The van der Waals surface area contributed by atoms with Crippen LogP contribution in [0.5, 0.6) is 0 Å². The molecule has 1 saturated carbocycles. The first kappa shape index (κ1) is 17.4. The molecule has 2 atom stereocenters. The number of methoxy groups -OCH3 is 1. The van der Waals surface area contributed by atoms with Gasteiger partial charge in [0.25, 0.3) is 0 Å². The van der Waals surface area contributed by atoms with Gasteiger partial charge in [-0.05, 0) is 38.1 Å². The van der Waals surface area contributed by atoms with Gasteiger partial charge in [-0.15, -0.1) is 0 Å². The molecule has 0 bridgehead atoms. The Hall–Kier alpha value is -0.610. The van der Waals surface area contributed by atoms with E-state index in [1.165, 1.54) is 20.0 Å². The molecule has 0 amide bonds. The highest BCUT2D eigenvalue weighted by Crippen LogP contribution is 2.31. The zero-order valence-corrected chi connectivity index (χ0v) is 13.7. The zero-order chi connectivity index (χ0) is 15.2. The van der Waals surface area contributed by atoms with Crippen LogP contribution < -0.4 is 5.73 Å². The largest absolute Gasteiger partial charge is 0.468 e. The van der Waals surface area contributed by atoms with Gasteiger partial charge in [0.2, 0.25) is 0 Å². The number of hydrogen-bond donors (Lipinski definition) is 1. The number of carbonyl (C=O) groups excluding carboxylic acids is 1. The van der Waals surface area contributed by atoms with Gasteiger partial charge in [-0.25, -0.2) is 0 Å². The van der Waals surface area contributed by atoms with Gasteiger partial charge >= 0.3 is 5.97 Å². The van der Waals surface area contributed by atoms with E-state index in [9.17, 15) is 4.79 Å². The minimum Gasteiger partial charge on any atom is -0.468 e. The monoisotopic (exact) mass is 284 g/mol. The summed E-state index contributed by atoms with van der Waals surface area (Å²) < 4.78 is 4.90. The third kappa shape index (κ3) is 4.19. The lowest BCUT2D eigenvalue weighted by atomic mass is 9.79. The van der Waals surface area contributed by atoms with Crippen molar-refractivity contribution in [1.82, 2.24) is 4.90 Å². The normalized spacial score (nSPS) is 27.1. The van der Waals surface area contributed by atoms with Crippen molar-refractivity contribution in [2.24, 2.45) is 11.7 Å². The molecule has 0 aromatic heterocycles. The predicted molar refractivity (Wildman–Crippen MR) is 82.5 cm³/mol. The van der Waals surface area contributed by atoms with E-state index in [1.807, 2.05) is 0 Å². The summed E-state index contributed by atoms with van der Waals surface area (Å²) in [7, 11) is 1.43. The van der Waals surface area contributed by atoms with Crippen LogP contribution in [0.15, 0.2) is 0 Å². The van der Waals surface area contributed by atoms with Crippen LogP contribution in [0.25, 0.3) is 0 Å². The zero-order valence-electron chi connectivity index (χ0n) is 13.7. The maximum atomic E-state index is 11.9. The molecule has 2 N–H and O–H groups in total. The van der Waals surface area contributed by atoms with Gasteiger partial charge in [-0.1, -0.05) is 33.6 Å². The fraction of sp³-hybridized carbons (Fsp3) is 0.938. The summed E-state index contributed by atoms with van der Waals surface area (Å²) in [6, 6.07) is 0.415. The maximum Gasteiger partial charge on any atom is 0.325 e. The summed E-state index contributed by atoms with van der Waals surface area (Å²) in [6.45, 7) is 8.85. The molecule has 1 aliphatic rings. The molecule has 1 fully saturated rings. The van der Waals surface area contributed by atoms with Gasteiger partial charge in [-0.2, -0.15) is 0 Å². The number of carbonyl (C=O) groups is 1. The van der Waals surface area contributed by atoms with Gasteiger partial charge in [0.1, 0.15) is 5.54 Å². The van der Waals surface area contributed by atoms with Gasteiger partial charge in [-0.3, -0.25) is 4.79 Å². The van der Waals surface area contributed by atoms with Gasteiger partial charge in [0.05, 0.1) is 7.11 Å². The van der Waals surface area contributed by atoms with E-state index in [0.717, 1.165) is 44.7 Å². The molecule has 118 valence electrons. The summed E-state index contributed by atoms with van der Waals surface area (Å²) in [6.07, 6.45) is 6.06. The number of nitrogens with zero attached hydrogens (tertiary/aromatic N) is 1. The third-order valence-electron chi connectivity index (χ3n) is 4.92. The van der Waals surface area contributed by atoms with Crippen LogP contribution in [-0.2, 0) is 9.53 Å². The molecule has 20 heavy (non-hydrogen) atoms. The highest BCUT2D eigenvalue weighted by Gasteiger charge is 2.41. The van der Waals surface area contributed by atoms with E-state index < -0.39 is 5.54 Å². The van der Waals surface area contributed by atoms with Crippen molar-refractivity contribution < 1.29 is 9.53 Å². The van der Waals surface area contributed by atoms with E-state index in [-0.39, 0.29) is 5.97 Å². The summed E-state index contributed by atoms with van der Waals surface area (Å²) >= 11 is 0. The summed E-state index contributed by atoms with van der Waals surface area (Å²) in [5, 5.41) is 0. The van der Waals surface area contributed by atoms with Crippen molar-refractivity contribution >= 4 is 5.97 Å². The Morgan fingerprint density at radius 2 is 2.05 bits per heavy atom. The Bertz CT molecular complexity index is 305. The third-order valence-corrected chi connectivity index (χ3v) is 4.92. The predicted octanol–water partition coefficient (Wildman–Crippen LogP) is 2.56. The smallest absolute Gasteiger partial charge is 0.325 e. The molecular weight excluding hydrogens is 252 g/mol. The molecule has 4 nitrogen and oxygen atoms in total. The Labute approximate surface area is 124 Å². The number of rotatable bonds is 7. The van der Waals surface area contributed by atoms with Crippen molar-refractivity contribution in [1.29, 1.82) is 0 Å². The molecule has 0 aromatic rings. The number of nitrogens with two attached hydrogens (primary N) is 1. The van der Waals surface area contributed by atoms with Crippen LogP contribution in [0.3, 0.4) is 0 Å². The molecule has 1 aliphatic carbocycles. The van der Waals surface area contributed by atoms with E-state index in [2.05, 4.69) is 25.7 Å². The van der Waals surface area contributed by atoms with Crippen LogP contribution in [0.2, 0.25) is 0 Å². The van der Waals surface area contributed by atoms with Crippen molar-refractivity contribution in [3.05, 3.63) is 0 Å². The van der Waals surface area contributed by atoms with E-state index in [4.69, 9.17) is 10.5 Å². The Balaban J connectivity index is 2.70. The average Bonchev–Trinajstić information content (AvgIpc) is 2.47. The first-order chi connectivity index (χ1) is 9.50. The maximum absolute atomic E-state index is 11.9. The molecule has 0 saturated heterocycles. The molecule has 0 aromatic carbocycles. The summed E-state index contributed by atoms with van der Waals surface area (Å²) in [5.74, 6) is 0.489. The van der Waals surface area contributed by atoms with Crippen LogP contribution >= 0.6 is 0 Å². The van der Waals surface area contributed by atoms with Gasteiger partial charge in [0.15, 0.2) is 0 Å². The Morgan fingerprint density at radius 3 is 2.55 bits per heavy atom. The second kappa shape index (κ2) is 7.99. The average molecular weight is 284 g/mol. The first-order valence-corrected chi connectivity index (χ1v) is 8.12. The van der Waals surface area contributed by atoms with Crippen molar-refractivity contribution in [2.45, 2.75) is 70.9 Å². The van der Waals surface area contributed by atoms with Crippen LogP contribution in [0, 0.1) is 5.92 Å². The van der Waals surface area contributed by atoms with Crippen LogP contribution in [-0.4, -0.2) is 42.6 Å². The van der Waals surface area contributed by atoms with E-state index >= 15 is 0 Å². The minimum absolute atomic E-state index is 0.249. The van der Waals surface area contributed by atoms with E-state index in [0.29, 0.717) is 6.04 Å². The first-order valence-electron chi connectivity index (χ1n) is 8.12. The van der Waals surface area contributed by atoms with Crippen LogP contribution in [0.4, 0.5) is 0 Å². The van der Waals surface area contributed by atoms with Crippen molar-refractivity contribution in [3.63, 3.8) is 0 Å². The molecular formula is C16H32N2O2. The summed E-state index contributed by atoms with van der Waals surface area (Å²) in [5.41, 5.74) is 5.51. The van der Waals surface area contributed by atoms with Gasteiger partial charge < -0.3 is 15.4 Å². The molecule has 4 heteroatoms. The minimum atomic E-state index is -0.779. The standard InChI is InChI=1S/C16H32N2O2/c1-5-13(6-2)12-18(7-3)14-9-8-10-16(17,11-14)15(19)20-4/h13-14H,5-12,17H2,1-4H3. The molecule has 0 radical (unpaired) electrons. The molecule has 2 unspecified atom stereocenters. The molecule has 1 rings (SSSR count). The highest BCUT2D eigenvalue weighted by molar-refractivity contribution is 5.80. The molecule has 0 heterocycles. The number of esters is 1. The fourth-order valence-electron chi connectivity index (χ4n) is 3.39. The number of ether oxygens (including phenoxy) is 1. The van der Waals surface area contributed by atoms with Crippen molar-refractivity contribution in [2.75, 3.05) is 20.2 Å². The SMILES string of the molecule is CCC(CC)CN(CC)C1CCCC(N)(C(=O)OC)C1. The van der Waals surface area contributed by atoms with Crippen molar-refractivity contribution in [3.8, 4) is 0 Å². The lowest BCUT2D eigenvalue weighted by molar-refractivity contribution is -0.149. The second-order valence-corrected chi connectivity index (χ2v) is 6.17. The highest BCUT2D eigenvalue weighted by atomic mass is 16.5.